The number of nitrogens with zero attached hydrogens (tertiary/aromatic N) is 1. The molecule has 158 valence electrons. The molecule has 1 heterocycles. The van der Waals surface area contributed by atoms with Crippen LogP contribution in [0.4, 0.5) is 0 Å². The van der Waals surface area contributed by atoms with Gasteiger partial charge in [0.15, 0.2) is 5.96 Å². The minimum absolute atomic E-state index is 0. The number of hydrogen-bond donors (Lipinski definition) is 3. The second-order valence-electron chi connectivity index (χ2n) is 7.35. The molecule has 0 bridgehead atoms. The lowest BCUT2D eigenvalue weighted by molar-refractivity contribution is -0.0265. The Kier molecular flexibility index (Phi) is 9.73. The Bertz CT molecular complexity index is 763. The van der Waals surface area contributed by atoms with Crippen molar-refractivity contribution in [1.29, 1.82) is 0 Å². The molecule has 5 nitrogen and oxygen atoms in total. The van der Waals surface area contributed by atoms with Gasteiger partial charge in [-0.25, -0.2) is 4.99 Å². The predicted molar refractivity (Wildman–Crippen MR) is 129 cm³/mol. The van der Waals surface area contributed by atoms with Crippen molar-refractivity contribution in [3.63, 3.8) is 0 Å². The molecular formula is C23H32IN3O2. The summed E-state index contributed by atoms with van der Waals surface area (Å²) in [5, 5.41) is 16.2. The second-order valence-corrected chi connectivity index (χ2v) is 7.35. The SMILES string of the molecule is CCNC(=NCc1ccc(O)cc1)NCC1CCCOC1c1ccc(C)cc1.I. The Morgan fingerprint density at radius 3 is 2.52 bits per heavy atom. The maximum Gasteiger partial charge on any atom is 0.191 e. The minimum atomic E-state index is 0. The van der Waals surface area contributed by atoms with Crippen LogP contribution >= 0.6 is 24.0 Å². The van der Waals surface area contributed by atoms with E-state index >= 15 is 0 Å². The van der Waals surface area contributed by atoms with Crippen LogP contribution in [0.3, 0.4) is 0 Å². The zero-order valence-corrected chi connectivity index (χ0v) is 19.6. The van der Waals surface area contributed by atoms with E-state index in [2.05, 4.69) is 53.7 Å². The number of nitrogens with one attached hydrogen (secondary N) is 2. The number of aryl methyl sites for hydroxylation is 1. The molecule has 0 radical (unpaired) electrons. The summed E-state index contributed by atoms with van der Waals surface area (Å²) >= 11 is 0. The van der Waals surface area contributed by atoms with Gasteiger partial charge in [-0.05, 0) is 49.9 Å². The average Bonchev–Trinajstić information content (AvgIpc) is 2.72. The number of halogens is 1. The molecule has 0 saturated carbocycles. The second kappa shape index (κ2) is 12.0. The first-order valence-corrected chi connectivity index (χ1v) is 10.1. The van der Waals surface area contributed by atoms with E-state index in [9.17, 15) is 5.11 Å². The highest BCUT2D eigenvalue weighted by molar-refractivity contribution is 14.0. The number of rotatable bonds is 6. The van der Waals surface area contributed by atoms with Crippen molar-refractivity contribution in [3.8, 4) is 5.75 Å². The summed E-state index contributed by atoms with van der Waals surface area (Å²) < 4.78 is 6.13. The van der Waals surface area contributed by atoms with Gasteiger partial charge in [-0.2, -0.15) is 0 Å². The van der Waals surface area contributed by atoms with Crippen LogP contribution in [-0.2, 0) is 11.3 Å². The van der Waals surface area contributed by atoms with Crippen LogP contribution in [0, 0.1) is 12.8 Å². The molecule has 1 aliphatic rings. The van der Waals surface area contributed by atoms with Crippen LogP contribution in [0.25, 0.3) is 0 Å². The highest BCUT2D eigenvalue weighted by Gasteiger charge is 2.27. The first-order valence-electron chi connectivity index (χ1n) is 10.1. The van der Waals surface area contributed by atoms with Gasteiger partial charge in [0.25, 0.3) is 0 Å². The van der Waals surface area contributed by atoms with Crippen molar-refractivity contribution in [2.45, 2.75) is 39.3 Å². The fourth-order valence-corrected chi connectivity index (χ4v) is 3.52. The van der Waals surface area contributed by atoms with E-state index in [4.69, 9.17) is 4.74 Å². The molecule has 0 amide bonds. The van der Waals surface area contributed by atoms with Crippen LogP contribution in [0.15, 0.2) is 53.5 Å². The third-order valence-electron chi connectivity index (χ3n) is 5.08. The molecule has 2 aromatic rings. The third-order valence-corrected chi connectivity index (χ3v) is 5.08. The first-order chi connectivity index (χ1) is 13.7. The number of ether oxygens (including phenoxy) is 1. The molecule has 3 N–H and O–H groups in total. The molecule has 1 fully saturated rings. The molecule has 0 aliphatic carbocycles. The van der Waals surface area contributed by atoms with Gasteiger partial charge in [0.2, 0.25) is 0 Å². The summed E-state index contributed by atoms with van der Waals surface area (Å²) in [6, 6.07) is 15.8. The van der Waals surface area contributed by atoms with Crippen LogP contribution in [0.2, 0.25) is 0 Å². The molecule has 0 spiro atoms. The van der Waals surface area contributed by atoms with Gasteiger partial charge < -0.3 is 20.5 Å². The topological polar surface area (TPSA) is 65.9 Å². The third kappa shape index (κ3) is 7.19. The molecule has 0 aromatic heterocycles. The van der Waals surface area contributed by atoms with Gasteiger partial charge in [0.05, 0.1) is 12.6 Å². The van der Waals surface area contributed by atoms with Crippen LogP contribution in [0.5, 0.6) is 5.75 Å². The summed E-state index contributed by atoms with van der Waals surface area (Å²) in [5.41, 5.74) is 3.58. The Balaban J connectivity index is 0.00000300. The lowest BCUT2D eigenvalue weighted by Crippen LogP contribution is -2.42. The van der Waals surface area contributed by atoms with Crippen molar-refractivity contribution >= 4 is 29.9 Å². The molecule has 1 saturated heterocycles. The van der Waals surface area contributed by atoms with E-state index in [1.165, 1.54) is 11.1 Å². The maximum atomic E-state index is 9.41. The summed E-state index contributed by atoms with van der Waals surface area (Å²) in [6.45, 7) is 7.19. The number of phenolic OH excluding ortho intramolecular Hbond substituents is 1. The van der Waals surface area contributed by atoms with Crippen molar-refractivity contribution in [3.05, 3.63) is 65.2 Å². The smallest absolute Gasteiger partial charge is 0.191 e. The highest BCUT2D eigenvalue weighted by Crippen LogP contribution is 2.33. The number of hydrogen-bond acceptors (Lipinski definition) is 3. The monoisotopic (exact) mass is 509 g/mol. The maximum absolute atomic E-state index is 9.41. The molecular weight excluding hydrogens is 477 g/mol. The predicted octanol–water partition coefficient (Wildman–Crippen LogP) is 4.54. The fourth-order valence-electron chi connectivity index (χ4n) is 3.52. The van der Waals surface area contributed by atoms with E-state index < -0.39 is 0 Å². The van der Waals surface area contributed by atoms with E-state index in [-0.39, 0.29) is 35.8 Å². The lowest BCUT2D eigenvalue weighted by atomic mass is 9.89. The number of phenols is 1. The van der Waals surface area contributed by atoms with E-state index in [0.717, 1.165) is 44.1 Å². The normalized spacial score (nSPS) is 19.3. The standard InChI is InChI=1S/C23H31N3O2.HI/c1-3-24-23(25-15-18-8-12-21(27)13-9-18)26-16-20-5-4-14-28-22(20)19-10-6-17(2)7-11-19;/h6-13,20,22,27H,3-5,14-16H2,1-2H3,(H2,24,25,26);1H. The molecule has 3 rings (SSSR count). The molecule has 1 aliphatic heterocycles. The summed E-state index contributed by atoms with van der Waals surface area (Å²) in [5.74, 6) is 1.50. The van der Waals surface area contributed by atoms with Crippen LogP contribution < -0.4 is 10.6 Å². The minimum Gasteiger partial charge on any atom is -0.508 e. The number of guanidine groups is 1. The quantitative estimate of drug-likeness (QED) is 0.304. The van der Waals surface area contributed by atoms with Crippen molar-refractivity contribution in [2.24, 2.45) is 10.9 Å². The van der Waals surface area contributed by atoms with Gasteiger partial charge in [-0.1, -0.05) is 42.0 Å². The number of aromatic hydroxyl groups is 1. The van der Waals surface area contributed by atoms with Gasteiger partial charge in [-0.3, -0.25) is 0 Å². The van der Waals surface area contributed by atoms with Crippen LogP contribution in [0.1, 0.15) is 42.6 Å². The Morgan fingerprint density at radius 1 is 1.10 bits per heavy atom. The van der Waals surface area contributed by atoms with Crippen molar-refractivity contribution < 1.29 is 9.84 Å². The summed E-state index contributed by atoms with van der Waals surface area (Å²) in [6.07, 6.45) is 2.36. The van der Waals surface area contributed by atoms with Gasteiger partial charge in [-0.15, -0.1) is 24.0 Å². The van der Waals surface area contributed by atoms with Crippen molar-refractivity contribution in [1.82, 2.24) is 10.6 Å². The largest absolute Gasteiger partial charge is 0.508 e. The first kappa shape index (κ1) is 23.5. The molecule has 2 atom stereocenters. The summed E-state index contributed by atoms with van der Waals surface area (Å²) in [7, 11) is 0. The van der Waals surface area contributed by atoms with E-state index in [0.29, 0.717) is 12.5 Å². The Hall–Kier alpha value is -1.80. The number of benzene rings is 2. The summed E-state index contributed by atoms with van der Waals surface area (Å²) in [4.78, 5) is 4.68. The zero-order chi connectivity index (χ0) is 19.8. The van der Waals surface area contributed by atoms with Crippen LogP contribution in [-0.4, -0.2) is 30.8 Å². The average molecular weight is 509 g/mol. The van der Waals surface area contributed by atoms with Crippen molar-refractivity contribution in [2.75, 3.05) is 19.7 Å². The van der Waals surface area contributed by atoms with Gasteiger partial charge in [0, 0.05) is 25.6 Å². The number of aliphatic imine (C=N–C) groups is 1. The Morgan fingerprint density at radius 2 is 1.83 bits per heavy atom. The molecule has 2 unspecified atom stereocenters. The van der Waals surface area contributed by atoms with E-state index in [1.807, 2.05) is 12.1 Å². The molecule has 6 heteroatoms. The molecule has 2 aromatic carbocycles. The molecule has 29 heavy (non-hydrogen) atoms. The fraction of sp³-hybridized carbons (Fsp3) is 0.435. The highest BCUT2D eigenvalue weighted by atomic mass is 127. The lowest BCUT2D eigenvalue weighted by Gasteiger charge is -2.32. The van der Waals surface area contributed by atoms with Gasteiger partial charge >= 0.3 is 0 Å². The Labute approximate surface area is 191 Å². The van der Waals surface area contributed by atoms with Gasteiger partial charge in [0.1, 0.15) is 5.75 Å². The zero-order valence-electron chi connectivity index (χ0n) is 17.2. The van der Waals surface area contributed by atoms with E-state index in [1.54, 1.807) is 12.1 Å².